The lowest BCUT2D eigenvalue weighted by Crippen LogP contribution is -2.04. The van der Waals surface area contributed by atoms with E-state index in [9.17, 15) is 9.65 Å². The highest BCUT2D eigenvalue weighted by Crippen LogP contribution is 2.35. The van der Waals surface area contributed by atoms with Gasteiger partial charge in [0.15, 0.2) is 11.5 Å². The average Bonchev–Trinajstić information content (AvgIpc) is 2.93. The van der Waals surface area contributed by atoms with E-state index in [0.29, 0.717) is 17.9 Å². The van der Waals surface area contributed by atoms with Gasteiger partial charge in [-0.2, -0.15) is 5.26 Å². The standard InChI is InChI=1S/C16H11ClFNO2/c17-12-2-1-3-13(18)16(12)11(8-19)6-10-4-5-14-15(7-10)21-9-20-14/h1-5,7,11H,6,9H2. The molecule has 0 fully saturated rings. The van der Waals surface area contributed by atoms with Crippen molar-refractivity contribution < 1.29 is 13.9 Å². The lowest BCUT2D eigenvalue weighted by atomic mass is 9.92. The molecule has 2 aromatic rings. The Morgan fingerprint density at radius 1 is 1.24 bits per heavy atom. The van der Waals surface area contributed by atoms with Crippen molar-refractivity contribution in [1.29, 1.82) is 5.26 Å². The zero-order valence-corrected chi connectivity index (χ0v) is 11.7. The second kappa shape index (κ2) is 5.63. The molecule has 21 heavy (non-hydrogen) atoms. The first-order valence-corrected chi connectivity index (χ1v) is 6.79. The molecule has 0 aliphatic carbocycles. The summed E-state index contributed by atoms with van der Waals surface area (Å²) in [5.41, 5.74) is 1.10. The van der Waals surface area contributed by atoms with Crippen molar-refractivity contribution >= 4 is 11.6 Å². The molecule has 0 aromatic heterocycles. The van der Waals surface area contributed by atoms with Crippen LogP contribution >= 0.6 is 11.6 Å². The first-order chi connectivity index (χ1) is 10.2. The molecule has 1 unspecified atom stereocenters. The van der Waals surface area contributed by atoms with E-state index in [1.54, 1.807) is 18.2 Å². The third-order valence-electron chi connectivity index (χ3n) is 3.38. The number of rotatable bonds is 3. The van der Waals surface area contributed by atoms with Crippen LogP contribution in [0.25, 0.3) is 0 Å². The van der Waals surface area contributed by atoms with Gasteiger partial charge in [0.1, 0.15) is 5.82 Å². The molecule has 0 saturated heterocycles. The molecule has 3 nitrogen and oxygen atoms in total. The van der Waals surface area contributed by atoms with E-state index in [-0.39, 0.29) is 17.4 Å². The van der Waals surface area contributed by atoms with Crippen molar-refractivity contribution in [3.05, 3.63) is 58.4 Å². The summed E-state index contributed by atoms with van der Waals surface area (Å²) in [6, 6.07) is 12.0. The second-order valence-corrected chi connectivity index (χ2v) is 5.12. The molecule has 1 aliphatic heterocycles. The van der Waals surface area contributed by atoms with Gasteiger partial charge in [0.2, 0.25) is 6.79 Å². The summed E-state index contributed by atoms with van der Waals surface area (Å²) in [5, 5.41) is 9.62. The molecule has 0 saturated carbocycles. The van der Waals surface area contributed by atoms with Crippen LogP contribution in [0.1, 0.15) is 17.0 Å². The van der Waals surface area contributed by atoms with Gasteiger partial charge in [-0.1, -0.05) is 23.7 Å². The van der Waals surface area contributed by atoms with E-state index in [2.05, 4.69) is 6.07 Å². The molecule has 0 spiro atoms. The number of hydrogen-bond acceptors (Lipinski definition) is 3. The fraction of sp³-hybridized carbons (Fsp3) is 0.188. The largest absolute Gasteiger partial charge is 0.454 e. The molecule has 0 amide bonds. The molecule has 1 aliphatic rings. The zero-order valence-electron chi connectivity index (χ0n) is 11.0. The van der Waals surface area contributed by atoms with E-state index in [1.807, 2.05) is 6.07 Å². The molecule has 1 atom stereocenters. The number of nitriles is 1. The fourth-order valence-corrected chi connectivity index (χ4v) is 2.65. The predicted octanol–water partition coefficient (Wildman–Crippen LogP) is 4.06. The minimum atomic E-state index is -0.654. The van der Waals surface area contributed by atoms with Gasteiger partial charge in [0.25, 0.3) is 0 Å². The number of nitrogens with zero attached hydrogens (tertiary/aromatic N) is 1. The SMILES string of the molecule is N#CC(Cc1ccc2c(c1)OCO2)c1c(F)cccc1Cl. The number of halogens is 2. The van der Waals surface area contributed by atoms with Gasteiger partial charge >= 0.3 is 0 Å². The Kier molecular flexibility index (Phi) is 3.68. The number of ether oxygens (including phenoxy) is 2. The normalized spacial score (nSPS) is 13.8. The quantitative estimate of drug-likeness (QED) is 0.859. The van der Waals surface area contributed by atoms with Crippen LogP contribution < -0.4 is 9.47 Å². The molecule has 1 heterocycles. The molecular formula is C16H11ClFNO2. The first-order valence-electron chi connectivity index (χ1n) is 6.41. The highest BCUT2D eigenvalue weighted by atomic mass is 35.5. The van der Waals surface area contributed by atoms with Crippen LogP contribution in [0.4, 0.5) is 4.39 Å². The molecule has 0 radical (unpaired) electrons. The smallest absolute Gasteiger partial charge is 0.231 e. The van der Waals surface area contributed by atoms with Crippen molar-refractivity contribution in [3.63, 3.8) is 0 Å². The average molecular weight is 304 g/mol. The Morgan fingerprint density at radius 3 is 2.81 bits per heavy atom. The maximum absolute atomic E-state index is 13.9. The molecular weight excluding hydrogens is 293 g/mol. The second-order valence-electron chi connectivity index (χ2n) is 4.71. The third kappa shape index (κ3) is 2.65. The maximum Gasteiger partial charge on any atom is 0.231 e. The van der Waals surface area contributed by atoms with E-state index < -0.39 is 11.7 Å². The van der Waals surface area contributed by atoms with Crippen molar-refractivity contribution in [2.75, 3.05) is 6.79 Å². The van der Waals surface area contributed by atoms with E-state index in [1.165, 1.54) is 12.1 Å². The van der Waals surface area contributed by atoms with Crippen LogP contribution in [0.5, 0.6) is 11.5 Å². The summed E-state index contributed by atoms with van der Waals surface area (Å²) in [6.07, 6.45) is 0.355. The van der Waals surface area contributed by atoms with Gasteiger partial charge in [-0.25, -0.2) is 4.39 Å². The Morgan fingerprint density at radius 2 is 2.05 bits per heavy atom. The topological polar surface area (TPSA) is 42.2 Å². The van der Waals surface area contributed by atoms with E-state index >= 15 is 0 Å². The number of benzene rings is 2. The van der Waals surface area contributed by atoms with Crippen LogP contribution in [0.15, 0.2) is 36.4 Å². The van der Waals surface area contributed by atoms with Crippen LogP contribution in [0, 0.1) is 17.1 Å². The van der Waals surface area contributed by atoms with E-state index in [4.69, 9.17) is 21.1 Å². The van der Waals surface area contributed by atoms with Crippen LogP contribution in [-0.2, 0) is 6.42 Å². The molecule has 106 valence electrons. The zero-order chi connectivity index (χ0) is 14.8. The monoisotopic (exact) mass is 303 g/mol. The molecule has 0 bridgehead atoms. The maximum atomic E-state index is 13.9. The number of hydrogen-bond donors (Lipinski definition) is 0. The van der Waals surface area contributed by atoms with Crippen molar-refractivity contribution in [2.45, 2.75) is 12.3 Å². The summed E-state index contributed by atoms with van der Waals surface area (Å²) in [5.74, 6) is 0.203. The Labute approximate surface area is 126 Å². The first kappa shape index (κ1) is 13.7. The Hall–Kier alpha value is -2.25. The number of fused-ring (bicyclic) bond motifs is 1. The Balaban J connectivity index is 1.90. The highest BCUT2D eigenvalue weighted by molar-refractivity contribution is 6.31. The van der Waals surface area contributed by atoms with Crippen LogP contribution in [-0.4, -0.2) is 6.79 Å². The van der Waals surface area contributed by atoms with Crippen molar-refractivity contribution in [3.8, 4) is 17.6 Å². The minimum Gasteiger partial charge on any atom is -0.454 e. The van der Waals surface area contributed by atoms with Crippen molar-refractivity contribution in [2.24, 2.45) is 0 Å². The molecule has 5 heteroatoms. The predicted molar refractivity (Wildman–Crippen MR) is 76.0 cm³/mol. The molecule has 2 aromatic carbocycles. The van der Waals surface area contributed by atoms with Gasteiger partial charge < -0.3 is 9.47 Å². The van der Waals surface area contributed by atoms with Gasteiger partial charge in [0.05, 0.1) is 12.0 Å². The van der Waals surface area contributed by atoms with E-state index in [0.717, 1.165) is 5.56 Å². The van der Waals surface area contributed by atoms with Gasteiger partial charge in [-0.3, -0.25) is 0 Å². The van der Waals surface area contributed by atoms with Crippen molar-refractivity contribution in [1.82, 2.24) is 0 Å². The van der Waals surface area contributed by atoms with Gasteiger partial charge in [-0.15, -0.1) is 0 Å². The van der Waals surface area contributed by atoms with Gasteiger partial charge in [0, 0.05) is 10.6 Å². The van der Waals surface area contributed by atoms with Crippen LogP contribution in [0.2, 0.25) is 5.02 Å². The third-order valence-corrected chi connectivity index (χ3v) is 3.71. The summed E-state index contributed by atoms with van der Waals surface area (Å²) < 4.78 is 24.5. The fourth-order valence-electron chi connectivity index (χ4n) is 2.36. The lowest BCUT2D eigenvalue weighted by Gasteiger charge is -2.12. The summed E-state index contributed by atoms with van der Waals surface area (Å²) in [7, 11) is 0. The van der Waals surface area contributed by atoms with Gasteiger partial charge in [-0.05, 0) is 36.2 Å². The summed E-state index contributed by atoms with van der Waals surface area (Å²) >= 11 is 6.03. The molecule has 0 N–H and O–H groups in total. The summed E-state index contributed by atoms with van der Waals surface area (Å²) in [4.78, 5) is 0. The lowest BCUT2D eigenvalue weighted by molar-refractivity contribution is 0.174. The minimum absolute atomic E-state index is 0.194. The highest BCUT2D eigenvalue weighted by Gasteiger charge is 2.21. The Bertz CT molecular complexity index is 706. The summed E-state index contributed by atoms with van der Waals surface area (Å²) in [6.45, 7) is 0.194. The van der Waals surface area contributed by atoms with Crippen LogP contribution in [0.3, 0.4) is 0 Å². The molecule has 3 rings (SSSR count).